The van der Waals surface area contributed by atoms with Crippen LogP contribution >= 0.6 is 11.8 Å². The highest BCUT2D eigenvalue weighted by molar-refractivity contribution is 8.01. The van der Waals surface area contributed by atoms with Gasteiger partial charge in [0.15, 0.2) is 0 Å². The number of likely N-dealkylation sites (N-methyl/N-ethyl adjacent to an activating group) is 1. The van der Waals surface area contributed by atoms with E-state index in [1.54, 1.807) is 11.8 Å². The van der Waals surface area contributed by atoms with E-state index in [0.717, 1.165) is 25.2 Å². The van der Waals surface area contributed by atoms with E-state index in [-0.39, 0.29) is 34.2 Å². The minimum Gasteiger partial charge on any atom is -0.378 e. The van der Waals surface area contributed by atoms with E-state index in [0.29, 0.717) is 12.5 Å². The van der Waals surface area contributed by atoms with Gasteiger partial charge < -0.3 is 14.5 Å². The molecule has 2 amide bonds. The summed E-state index contributed by atoms with van der Waals surface area (Å²) < 4.78 is 6.05. The monoisotopic (exact) mass is 380 g/mol. The van der Waals surface area contributed by atoms with Crippen LogP contribution in [0.4, 0.5) is 0 Å². The Bertz CT molecular complexity index is 592. The molecule has 0 aromatic rings. The molecule has 0 aromatic heterocycles. The lowest BCUT2D eigenvalue weighted by Crippen LogP contribution is -2.67. The van der Waals surface area contributed by atoms with Crippen LogP contribution in [0.3, 0.4) is 0 Å². The van der Waals surface area contributed by atoms with Crippen LogP contribution in [-0.2, 0) is 14.3 Å². The zero-order chi connectivity index (χ0) is 18.5. The average Bonchev–Trinajstić information content (AvgIpc) is 3.14. The number of carbonyl (C=O) groups is 2. The molecule has 4 rings (SSSR count). The van der Waals surface area contributed by atoms with Crippen LogP contribution in [0.15, 0.2) is 0 Å². The van der Waals surface area contributed by atoms with Crippen LogP contribution in [0, 0.1) is 5.41 Å². The summed E-state index contributed by atoms with van der Waals surface area (Å²) >= 11 is 1.78. The van der Waals surface area contributed by atoms with Crippen LogP contribution < -0.4 is 0 Å². The molecule has 0 radical (unpaired) electrons. The van der Waals surface area contributed by atoms with Crippen molar-refractivity contribution in [2.45, 2.75) is 88.3 Å². The van der Waals surface area contributed by atoms with Gasteiger partial charge >= 0.3 is 0 Å². The van der Waals surface area contributed by atoms with Gasteiger partial charge in [-0.2, -0.15) is 0 Å². The summed E-state index contributed by atoms with van der Waals surface area (Å²) in [5, 5.41) is 0. The summed E-state index contributed by atoms with van der Waals surface area (Å²) in [5.41, 5.74) is 0.142. The molecule has 2 saturated heterocycles. The number of thioether (sulfide) groups is 1. The van der Waals surface area contributed by atoms with E-state index in [2.05, 4.69) is 13.8 Å². The molecule has 4 fully saturated rings. The van der Waals surface area contributed by atoms with Crippen molar-refractivity contribution in [1.82, 2.24) is 9.80 Å². The molecule has 0 bridgehead atoms. The standard InChI is InChI=1S/C20H32N2O3S/c1-4-25-16-12-15(20(16)9-6-5-7-10-20)21(3)18(24)14-13-26-19(2)11-8-17(23)22(14)19/h14-16H,4-13H2,1-3H3/t14-,15+,16-,19-/m1/s1. The summed E-state index contributed by atoms with van der Waals surface area (Å²) in [5.74, 6) is 1.03. The molecular formula is C20H32N2O3S. The van der Waals surface area contributed by atoms with Crippen molar-refractivity contribution in [1.29, 1.82) is 0 Å². The number of amides is 2. The summed E-state index contributed by atoms with van der Waals surface area (Å²) in [6.45, 7) is 4.93. The maximum Gasteiger partial charge on any atom is 0.246 e. The Kier molecular flexibility index (Phi) is 4.79. The quantitative estimate of drug-likeness (QED) is 0.752. The Balaban J connectivity index is 1.51. The Hall–Kier alpha value is -0.750. The normalized spacial score (nSPS) is 38.3. The lowest BCUT2D eigenvalue weighted by Gasteiger charge is -2.60. The molecule has 2 aliphatic heterocycles. The maximum absolute atomic E-state index is 13.4. The van der Waals surface area contributed by atoms with Crippen LogP contribution in [0.2, 0.25) is 0 Å². The maximum atomic E-state index is 13.4. The van der Waals surface area contributed by atoms with Crippen LogP contribution in [0.1, 0.15) is 65.2 Å². The first kappa shape index (κ1) is 18.6. The molecule has 6 heteroatoms. The van der Waals surface area contributed by atoms with Crippen molar-refractivity contribution < 1.29 is 14.3 Å². The molecule has 0 aromatic carbocycles. The number of hydrogen-bond donors (Lipinski definition) is 0. The van der Waals surface area contributed by atoms with Gasteiger partial charge in [0.05, 0.1) is 11.0 Å². The van der Waals surface area contributed by atoms with Gasteiger partial charge in [0.1, 0.15) is 6.04 Å². The molecule has 2 saturated carbocycles. The Labute approximate surface area is 161 Å². The number of fused-ring (bicyclic) bond motifs is 1. The fourth-order valence-electron chi connectivity index (χ4n) is 5.96. The second-order valence-corrected chi connectivity index (χ2v) is 10.2. The summed E-state index contributed by atoms with van der Waals surface area (Å²) in [4.78, 5) is 29.5. The molecule has 4 aliphatic rings. The van der Waals surface area contributed by atoms with E-state index < -0.39 is 0 Å². The third kappa shape index (κ3) is 2.62. The van der Waals surface area contributed by atoms with Gasteiger partial charge in [0, 0.05) is 37.3 Å². The van der Waals surface area contributed by atoms with Crippen molar-refractivity contribution in [3.63, 3.8) is 0 Å². The summed E-state index contributed by atoms with van der Waals surface area (Å²) in [6.07, 6.45) is 8.80. The topological polar surface area (TPSA) is 49.9 Å². The Morgan fingerprint density at radius 3 is 2.73 bits per heavy atom. The first-order chi connectivity index (χ1) is 12.4. The van der Waals surface area contributed by atoms with Crippen LogP contribution in [0.5, 0.6) is 0 Å². The van der Waals surface area contributed by atoms with Gasteiger partial charge in [-0.1, -0.05) is 19.3 Å². The lowest BCUT2D eigenvalue weighted by molar-refractivity contribution is -0.187. The molecule has 0 unspecified atom stereocenters. The summed E-state index contributed by atoms with van der Waals surface area (Å²) in [7, 11) is 1.96. The van der Waals surface area contributed by atoms with Crippen molar-refractivity contribution in [2.75, 3.05) is 19.4 Å². The van der Waals surface area contributed by atoms with Crippen molar-refractivity contribution in [2.24, 2.45) is 5.41 Å². The van der Waals surface area contributed by atoms with Gasteiger partial charge in [-0.15, -0.1) is 11.8 Å². The molecule has 5 nitrogen and oxygen atoms in total. The molecule has 2 heterocycles. The van der Waals surface area contributed by atoms with E-state index >= 15 is 0 Å². The van der Waals surface area contributed by atoms with E-state index in [1.807, 2.05) is 16.8 Å². The first-order valence-corrected chi connectivity index (χ1v) is 11.3. The van der Waals surface area contributed by atoms with E-state index in [4.69, 9.17) is 4.74 Å². The molecule has 2 aliphatic carbocycles. The van der Waals surface area contributed by atoms with Gasteiger partial charge in [-0.25, -0.2) is 0 Å². The van der Waals surface area contributed by atoms with Gasteiger partial charge in [-0.3, -0.25) is 9.59 Å². The second-order valence-electron chi connectivity index (χ2n) is 8.70. The van der Waals surface area contributed by atoms with E-state index in [9.17, 15) is 9.59 Å². The zero-order valence-electron chi connectivity index (χ0n) is 16.3. The SMILES string of the molecule is CCO[C@@H]1C[C@H](N(C)C(=O)[C@H]2CS[C@]3(C)CCC(=O)N23)C12CCCCC2. The number of rotatable bonds is 4. The van der Waals surface area contributed by atoms with Gasteiger partial charge in [0.25, 0.3) is 0 Å². The second kappa shape index (κ2) is 6.69. The average molecular weight is 381 g/mol. The van der Waals surface area contributed by atoms with Crippen LogP contribution in [-0.4, -0.2) is 64.1 Å². The highest BCUT2D eigenvalue weighted by atomic mass is 32.2. The number of hydrogen-bond acceptors (Lipinski definition) is 4. The molecule has 146 valence electrons. The molecular weight excluding hydrogens is 348 g/mol. The predicted octanol–water partition coefficient (Wildman–Crippen LogP) is 3.03. The largest absolute Gasteiger partial charge is 0.378 e. The number of nitrogens with zero attached hydrogens (tertiary/aromatic N) is 2. The molecule has 4 atom stereocenters. The number of ether oxygens (including phenoxy) is 1. The molecule has 1 spiro atoms. The first-order valence-electron chi connectivity index (χ1n) is 10.3. The highest BCUT2D eigenvalue weighted by Crippen LogP contribution is 2.55. The van der Waals surface area contributed by atoms with Crippen molar-refractivity contribution >= 4 is 23.6 Å². The minimum atomic E-state index is -0.281. The summed E-state index contributed by atoms with van der Waals surface area (Å²) in [6, 6.07) is -0.0156. The molecule has 26 heavy (non-hydrogen) atoms. The van der Waals surface area contributed by atoms with Crippen LogP contribution in [0.25, 0.3) is 0 Å². The predicted molar refractivity (Wildman–Crippen MR) is 103 cm³/mol. The fourth-order valence-corrected chi connectivity index (χ4v) is 7.39. The van der Waals surface area contributed by atoms with Gasteiger partial charge in [0.2, 0.25) is 11.8 Å². The smallest absolute Gasteiger partial charge is 0.246 e. The van der Waals surface area contributed by atoms with Crippen molar-refractivity contribution in [3.8, 4) is 0 Å². The third-order valence-corrected chi connectivity index (χ3v) is 8.94. The Morgan fingerprint density at radius 2 is 2.04 bits per heavy atom. The minimum absolute atomic E-state index is 0.140. The zero-order valence-corrected chi connectivity index (χ0v) is 17.1. The fraction of sp³-hybridized carbons (Fsp3) is 0.900. The number of carbonyl (C=O) groups excluding carboxylic acids is 2. The van der Waals surface area contributed by atoms with Gasteiger partial charge in [-0.05, 0) is 39.5 Å². The molecule has 0 N–H and O–H groups in total. The van der Waals surface area contributed by atoms with E-state index in [1.165, 1.54) is 32.1 Å². The van der Waals surface area contributed by atoms with Crippen molar-refractivity contribution in [3.05, 3.63) is 0 Å². The lowest BCUT2D eigenvalue weighted by atomic mass is 9.54. The Morgan fingerprint density at radius 1 is 1.31 bits per heavy atom. The third-order valence-electron chi connectivity index (χ3n) is 7.44. The highest BCUT2D eigenvalue weighted by Gasteiger charge is 2.60.